The van der Waals surface area contributed by atoms with Crippen molar-refractivity contribution in [3.05, 3.63) is 23.3 Å². The molecule has 0 heterocycles. The number of hydrogen-bond donors (Lipinski definition) is 0. The van der Waals surface area contributed by atoms with Gasteiger partial charge in [-0.25, -0.2) is 0 Å². The summed E-state index contributed by atoms with van der Waals surface area (Å²) in [6.07, 6.45) is 5.66. The Balaban J connectivity index is 2.09. The average Bonchev–Trinajstić information content (AvgIpc) is 2.43. The molecule has 4 nitrogen and oxygen atoms in total. The van der Waals surface area contributed by atoms with Gasteiger partial charge in [-0.05, 0) is 50.7 Å². The Hall–Kier alpha value is -1.71. The van der Waals surface area contributed by atoms with E-state index in [1.165, 1.54) is 19.3 Å². The van der Waals surface area contributed by atoms with Crippen LogP contribution in [-0.4, -0.2) is 24.6 Å². The maximum Gasteiger partial charge on any atom is 0.308 e. The molecule has 2 rings (SSSR count). The average molecular weight is 262 g/mol. The third-order valence-corrected chi connectivity index (χ3v) is 4.10. The second kappa shape index (κ2) is 5.51. The lowest BCUT2D eigenvalue weighted by atomic mass is 9.74. The van der Waals surface area contributed by atoms with E-state index in [0.29, 0.717) is 11.1 Å². The zero-order valence-corrected chi connectivity index (χ0v) is 11.3. The molecular weight excluding hydrogens is 244 g/mol. The highest BCUT2D eigenvalue weighted by Gasteiger charge is 2.32. The van der Waals surface area contributed by atoms with E-state index in [-0.39, 0.29) is 29.4 Å². The van der Waals surface area contributed by atoms with E-state index >= 15 is 0 Å². The van der Waals surface area contributed by atoms with Crippen molar-refractivity contribution in [2.75, 3.05) is 7.11 Å². The van der Waals surface area contributed by atoms with Gasteiger partial charge in [-0.1, -0.05) is 0 Å². The van der Waals surface area contributed by atoms with Gasteiger partial charge in [-0.2, -0.15) is 0 Å². The second-order valence-electron chi connectivity index (χ2n) is 5.17. The van der Waals surface area contributed by atoms with Gasteiger partial charge < -0.3 is 4.74 Å². The van der Waals surface area contributed by atoms with Crippen molar-refractivity contribution in [3.63, 3.8) is 0 Å². The van der Waals surface area contributed by atoms with Crippen molar-refractivity contribution in [3.8, 4) is 0 Å². The smallest absolute Gasteiger partial charge is 0.308 e. The molecule has 0 bridgehead atoms. The summed E-state index contributed by atoms with van der Waals surface area (Å²) in [5.41, 5.74) is 1.21. The van der Waals surface area contributed by atoms with Crippen molar-refractivity contribution >= 4 is 17.5 Å². The molecule has 2 aliphatic rings. The summed E-state index contributed by atoms with van der Waals surface area (Å²) in [7, 11) is 1.40. The van der Waals surface area contributed by atoms with Crippen LogP contribution in [0.1, 0.15) is 32.6 Å². The molecule has 0 spiro atoms. The Morgan fingerprint density at radius 2 is 1.68 bits per heavy atom. The number of methoxy groups -OCH3 is 1. The van der Waals surface area contributed by atoms with Crippen LogP contribution >= 0.6 is 0 Å². The predicted octanol–water partition coefficient (Wildman–Crippen LogP) is 1.99. The molecule has 0 unspecified atom stereocenters. The predicted molar refractivity (Wildman–Crippen MR) is 69.3 cm³/mol. The molecule has 0 aliphatic heterocycles. The summed E-state index contributed by atoms with van der Waals surface area (Å²) in [4.78, 5) is 35.0. The lowest BCUT2D eigenvalue weighted by Gasteiger charge is -2.29. The summed E-state index contributed by atoms with van der Waals surface area (Å²) < 4.78 is 4.75. The lowest BCUT2D eigenvalue weighted by molar-refractivity contribution is -0.146. The van der Waals surface area contributed by atoms with E-state index < -0.39 is 0 Å². The fraction of sp³-hybridized carbons (Fsp3) is 0.533. The standard InChI is InChI=1S/C15H18O4/c1-9-12(16)7-8-13(17)14(9)10-3-5-11(6-4-10)15(18)19-2/h7-8,10-11H,3-6H2,1-2H3. The number of hydrogen-bond acceptors (Lipinski definition) is 4. The maximum atomic E-state index is 11.9. The summed E-state index contributed by atoms with van der Waals surface area (Å²) in [6, 6.07) is 0. The van der Waals surface area contributed by atoms with Crippen molar-refractivity contribution in [2.45, 2.75) is 32.6 Å². The molecule has 2 aliphatic carbocycles. The minimum absolute atomic E-state index is 0.0568. The number of carbonyl (C=O) groups is 3. The first-order chi connectivity index (χ1) is 9.04. The molecule has 0 aromatic heterocycles. The Morgan fingerprint density at radius 1 is 1.11 bits per heavy atom. The van der Waals surface area contributed by atoms with Gasteiger partial charge >= 0.3 is 5.97 Å². The Labute approximate surface area is 112 Å². The van der Waals surface area contributed by atoms with Crippen LogP contribution in [-0.2, 0) is 19.1 Å². The molecule has 0 N–H and O–H groups in total. The molecule has 19 heavy (non-hydrogen) atoms. The van der Waals surface area contributed by atoms with Gasteiger partial charge in [0.15, 0.2) is 11.6 Å². The van der Waals surface area contributed by atoms with Crippen molar-refractivity contribution in [1.29, 1.82) is 0 Å². The summed E-state index contributed by atoms with van der Waals surface area (Å²) >= 11 is 0. The summed E-state index contributed by atoms with van der Waals surface area (Å²) in [6.45, 7) is 1.71. The highest BCUT2D eigenvalue weighted by atomic mass is 16.5. The highest BCUT2D eigenvalue weighted by Crippen LogP contribution is 2.36. The fourth-order valence-electron chi connectivity index (χ4n) is 2.98. The Kier molecular flexibility index (Phi) is 3.98. The van der Waals surface area contributed by atoms with Crippen LogP contribution in [0.5, 0.6) is 0 Å². The molecule has 0 aromatic carbocycles. The van der Waals surface area contributed by atoms with Gasteiger partial charge in [0.1, 0.15) is 0 Å². The molecule has 0 radical (unpaired) electrons. The molecule has 1 fully saturated rings. The van der Waals surface area contributed by atoms with Crippen LogP contribution < -0.4 is 0 Å². The van der Waals surface area contributed by atoms with E-state index in [4.69, 9.17) is 4.74 Å². The summed E-state index contributed by atoms with van der Waals surface area (Å²) in [5, 5.41) is 0. The minimum Gasteiger partial charge on any atom is -0.469 e. The largest absolute Gasteiger partial charge is 0.469 e. The quantitative estimate of drug-likeness (QED) is 0.564. The van der Waals surface area contributed by atoms with Gasteiger partial charge in [0, 0.05) is 11.1 Å². The van der Waals surface area contributed by atoms with E-state index in [1.54, 1.807) is 6.92 Å². The van der Waals surface area contributed by atoms with Crippen molar-refractivity contribution < 1.29 is 19.1 Å². The van der Waals surface area contributed by atoms with E-state index in [1.807, 2.05) is 0 Å². The second-order valence-corrected chi connectivity index (χ2v) is 5.17. The monoisotopic (exact) mass is 262 g/mol. The molecular formula is C15H18O4. The zero-order valence-electron chi connectivity index (χ0n) is 11.3. The van der Waals surface area contributed by atoms with Crippen LogP contribution in [0.3, 0.4) is 0 Å². The molecule has 0 aromatic rings. The van der Waals surface area contributed by atoms with Gasteiger partial charge in [0.25, 0.3) is 0 Å². The summed E-state index contributed by atoms with van der Waals surface area (Å²) in [5.74, 6) is -0.271. The number of rotatable bonds is 2. The molecule has 0 amide bonds. The third-order valence-electron chi connectivity index (χ3n) is 4.10. The number of esters is 1. The Morgan fingerprint density at radius 3 is 2.26 bits per heavy atom. The first kappa shape index (κ1) is 13.7. The first-order valence-corrected chi connectivity index (χ1v) is 6.60. The normalized spacial score (nSPS) is 27.7. The van der Waals surface area contributed by atoms with Crippen molar-refractivity contribution in [1.82, 2.24) is 0 Å². The van der Waals surface area contributed by atoms with Crippen molar-refractivity contribution in [2.24, 2.45) is 11.8 Å². The molecule has 102 valence electrons. The van der Waals surface area contributed by atoms with E-state index in [0.717, 1.165) is 25.7 Å². The molecule has 0 atom stereocenters. The van der Waals surface area contributed by atoms with Gasteiger partial charge in [0.05, 0.1) is 13.0 Å². The lowest BCUT2D eigenvalue weighted by Crippen LogP contribution is -2.27. The van der Waals surface area contributed by atoms with Gasteiger partial charge in [0.2, 0.25) is 0 Å². The third kappa shape index (κ3) is 2.67. The number of ketones is 2. The van der Waals surface area contributed by atoms with Crippen LogP contribution in [0.4, 0.5) is 0 Å². The van der Waals surface area contributed by atoms with E-state index in [9.17, 15) is 14.4 Å². The molecule has 1 saturated carbocycles. The number of carbonyl (C=O) groups excluding carboxylic acids is 3. The first-order valence-electron chi connectivity index (χ1n) is 6.60. The van der Waals surface area contributed by atoms with Gasteiger partial charge in [-0.3, -0.25) is 14.4 Å². The van der Waals surface area contributed by atoms with Crippen LogP contribution in [0.15, 0.2) is 23.3 Å². The Bertz CT molecular complexity index is 476. The SMILES string of the molecule is COC(=O)C1CCC(C2=C(C)C(=O)C=CC2=O)CC1. The molecule has 4 heteroatoms. The number of ether oxygens (including phenoxy) is 1. The minimum atomic E-state index is -0.171. The number of allylic oxidation sites excluding steroid dienone is 4. The zero-order chi connectivity index (χ0) is 14.0. The van der Waals surface area contributed by atoms with E-state index in [2.05, 4.69) is 0 Å². The molecule has 0 saturated heterocycles. The van der Waals surface area contributed by atoms with Crippen LogP contribution in [0.25, 0.3) is 0 Å². The fourth-order valence-corrected chi connectivity index (χ4v) is 2.98. The van der Waals surface area contributed by atoms with Gasteiger partial charge in [-0.15, -0.1) is 0 Å². The highest BCUT2D eigenvalue weighted by molar-refractivity contribution is 6.20. The van der Waals surface area contributed by atoms with Crippen LogP contribution in [0, 0.1) is 11.8 Å². The van der Waals surface area contributed by atoms with Crippen LogP contribution in [0.2, 0.25) is 0 Å². The maximum absolute atomic E-state index is 11.9. The topological polar surface area (TPSA) is 60.4 Å².